The van der Waals surface area contributed by atoms with Gasteiger partial charge < -0.3 is 10.0 Å². The summed E-state index contributed by atoms with van der Waals surface area (Å²) in [4.78, 5) is 29.8. The van der Waals surface area contributed by atoms with Crippen LogP contribution in [0.2, 0.25) is 0 Å². The maximum Gasteiger partial charge on any atom is 0.307 e. The standard InChI is InChI=1S/C21H20N2O3S/c24-20(25)10-15-3-1-14(2-4-15)9-16-7-8-23(12-16)21(26)17-5-6-18-19(11-17)27-13-22-18/h1-6,11,13,16H,7-10,12H2,(H,24,25). The summed E-state index contributed by atoms with van der Waals surface area (Å²) in [6, 6.07) is 13.5. The number of nitrogens with zero attached hydrogens (tertiary/aromatic N) is 2. The summed E-state index contributed by atoms with van der Waals surface area (Å²) < 4.78 is 1.04. The molecule has 6 heteroatoms. The number of thiazole rings is 1. The van der Waals surface area contributed by atoms with E-state index in [0.29, 0.717) is 5.92 Å². The fourth-order valence-corrected chi connectivity index (χ4v) is 4.37. The van der Waals surface area contributed by atoms with Crippen LogP contribution in [-0.2, 0) is 17.6 Å². The first-order valence-electron chi connectivity index (χ1n) is 9.00. The molecule has 0 saturated carbocycles. The van der Waals surface area contributed by atoms with E-state index in [1.165, 1.54) is 5.56 Å². The van der Waals surface area contributed by atoms with E-state index in [0.717, 1.165) is 47.3 Å². The molecule has 1 atom stereocenters. The first-order valence-corrected chi connectivity index (χ1v) is 9.88. The van der Waals surface area contributed by atoms with E-state index in [2.05, 4.69) is 4.98 Å². The van der Waals surface area contributed by atoms with E-state index < -0.39 is 5.97 Å². The fraction of sp³-hybridized carbons (Fsp3) is 0.286. The van der Waals surface area contributed by atoms with E-state index in [1.54, 1.807) is 16.8 Å². The third kappa shape index (κ3) is 4.01. The number of carbonyl (C=O) groups excluding carboxylic acids is 1. The maximum absolute atomic E-state index is 12.8. The number of carboxylic acid groups (broad SMARTS) is 1. The second kappa shape index (κ2) is 7.48. The van der Waals surface area contributed by atoms with Crippen LogP contribution in [0.5, 0.6) is 0 Å². The number of hydrogen-bond acceptors (Lipinski definition) is 4. The topological polar surface area (TPSA) is 70.5 Å². The lowest BCUT2D eigenvalue weighted by Gasteiger charge is -2.17. The lowest BCUT2D eigenvalue weighted by molar-refractivity contribution is -0.136. The first-order chi connectivity index (χ1) is 13.1. The monoisotopic (exact) mass is 380 g/mol. The number of hydrogen-bond donors (Lipinski definition) is 1. The summed E-state index contributed by atoms with van der Waals surface area (Å²) >= 11 is 1.55. The van der Waals surface area contributed by atoms with Crippen LogP contribution in [0.15, 0.2) is 48.0 Å². The molecule has 2 aromatic carbocycles. The van der Waals surface area contributed by atoms with Gasteiger partial charge in [-0.1, -0.05) is 24.3 Å². The van der Waals surface area contributed by atoms with Crippen LogP contribution >= 0.6 is 11.3 Å². The molecule has 27 heavy (non-hydrogen) atoms. The molecule has 3 aromatic rings. The molecular weight excluding hydrogens is 360 g/mol. The van der Waals surface area contributed by atoms with Gasteiger partial charge in [0.2, 0.25) is 0 Å². The number of carbonyl (C=O) groups is 2. The average Bonchev–Trinajstić information content (AvgIpc) is 3.31. The van der Waals surface area contributed by atoms with E-state index in [1.807, 2.05) is 47.4 Å². The highest BCUT2D eigenvalue weighted by atomic mass is 32.1. The molecule has 1 saturated heterocycles. The van der Waals surface area contributed by atoms with Gasteiger partial charge in [-0.15, -0.1) is 11.3 Å². The Morgan fingerprint density at radius 3 is 2.70 bits per heavy atom. The number of amides is 1. The Kier molecular flexibility index (Phi) is 4.90. The van der Waals surface area contributed by atoms with Crippen LogP contribution in [0.4, 0.5) is 0 Å². The molecule has 1 aliphatic rings. The molecule has 1 amide bonds. The van der Waals surface area contributed by atoms with E-state index in [-0.39, 0.29) is 12.3 Å². The molecule has 2 heterocycles. The zero-order chi connectivity index (χ0) is 18.8. The molecule has 0 aliphatic carbocycles. The van der Waals surface area contributed by atoms with E-state index in [9.17, 15) is 9.59 Å². The summed E-state index contributed by atoms with van der Waals surface area (Å²) in [5, 5.41) is 8.85. The lowest BCUT2D eigenvalue weighted by Crippen LogP contribution is -2.28. The van der Waals surface area contributed by atoms with Gasteiger partial charge in [-0.05, 0) is 48.1 Å². The summed E-state index contributed by atoms with van der Waals surface area (Å²) in [6.45, 7) is 1.54. The van der Waals surface area contributed by atoms with Crippen LogP contribution in [0, 0.1) is 5.92 Å². The van der Waals surface area contributed by atoms with Crippen LogP contribution in [0.3, 0.4) is 0 Å². The summed E-state index contributed by atoms with van der Waals surface area (Å²) in [5.74, 6) is -0.291. The SMILES string of the molecule is O=C(O)Cc1ccc(CC2CCN(C(=O)c3ccc4ncsc4c3)C2)cc1. The number of aliphatic carboxylic acids is 1. The minimum atomic E-state index is -0.816. The smallest absolute Gasteiger partial charge is 0.307 e. The van der Waals surface area contributed by atoms with Gasteiger partial charge in [0.1, 0.15) is 0 Å². The zero-order valence-corrected chi connectivity index (χ0v) is 15.6. The molecule has 4 rings (SSSR count). The van der Waals surface area contributed by atoms with Gasteiger partial charge in [0.25, 0.3) is 5.91 Å². The number of aromatic nitrogens is 1. The quantitative estimate of drug-likeness (QED) is 0.734. The van der Waals surface area contributed by atoms with Gasteiger partial charge in [0, 0.05) is 18.7 Å². The highest BCUT2D eigenvalue weighted by molar-refractivity contribution is 7.16. The van der Waals surface area contributed by atoms with Crippen molar-refractivity contribution >= 4 is 33.4 Å². The molecule has 1 aliphatic heterocycles. The number of benzene rings is 2. The number of fused-ring (bicyclic) bond motifs is 1. The predicted molar refractivity (Wildman–Crippen MR) is 105 cm³/mol. The van der Waals surface area contributed by atoms with Gasteiger partial charge in [0.05, 0.1) is 22.1 Å². The van der Waals surface area contributed by atoms with Crippen molar-refractivity contribution in [2.24, 2.45) is 5.92 Å². The Bertz CT molecular complexity index is 981. The number of rotatable bonds is 5. The molecule has 138 valence electrons. The Balaban J connectivity index is 1.37. The molecule has 5 nitrogen and oxygen atoms in total. The van der Waals surface area contributed by atoms with Crippen molar-refractivity contribution in [1.82, 2.24) is 9.88 Å². The predicted octanol–water partition coefficient (Wildman–Crippen LogP) is 3.63. The maximum atomic E-state index is 12.8. The number of likely N-dealkylation sites (tertiary alicyclic amines) is 1. The highest BCUT2D eigenvalue weighted by Crippen LogP contribution is 2.25. The van der Waals surface area contributed by atoms with Crippen LogP contribution in [0.25, 0.3) is 10.2 Å². The minimum absolute atomic E-state index is 0.0517. The molecule has 1 unspecified atom stereocenters. The van der Waals surface area contributed by atoms with Crippen LogP contribution < -0.4 is 0 Å². The minimum Gasteiger partial charge on any atom is -0.481 e. The van der Waals surface area contributed by atoms with Gasteiger partial charge in [-0.3, -0.25) is 9.59 Å². The summed E-state index contributed by atoms with van der Waals surface area (Å²) in [5.41, 5.74) is 5.46. The molecule has 1 aromatic heterocycles. The van der Waals surface area contributed by atoms with Crippen molar-refractivity contribution in [1.29, 1.82) is 0 Å². The zero-order valence-electron chi connectivity index (χ0n) is 14.8. The third-order valence-corrected chi connectivity index (χ3v) is 5.85. The Labute approximate surface area is 161 Å². The lowest BCUT2D eigenvalue weighted by atomic mass is 9.97. The van der Waals surface area contributed by atoms with Crippen LogP contribution in [0.1, 0.15) is 27.9 Å². The largest absolute Gasteiger partial charge is 0.481 e. The fourth-order valence-electron chi connectivity index (χ4n) is 3.66. The van der Waals surface area contributed by atoms with E-state index in [4.69, 9.17) is 5.11 Å². The Morgan fingerprint density at radius 2 is 1.93 bits per heavy atom. The van der Waals surface area contributed by atoms with Gasteiger partial charge in [-0.2, -0.15) is 0 Å². The van der Waals surface area contributed by atoms with Crippen molar-refractivity contribution in [3.63, 3.8) is 0 Å². The van der Waals surface area contributed by atoms with Gasteiger partial charge in [-0.25, -0.2) is 4.98 Å². The summed E-state index contributed by atoms with van der Waals surface area (Å²) in [6.07, 6.45) is 1.95. The second-order valence-electron chi connectivity index (χ2n) is 7.03. The molecular formula is C21H20N2O3S. The van der Waals surface area contributed by atoms with Crippen molar-refractivity contribution in [3.8, 4) is 0 Å². The normalized spacial score (nSPS) is 16.7. The number of carboxylic acids is 1. The average molecular weight is 380 g/mol. The molecule has 0 bridgehead atoms. The van der Waals surface area contributed by atoms with Gasteiger partial charge >= 0.3 is 5.97 Å². The third-order valence-electron chi connectivity index (χ3n) is 5.05. The van der Waals surface area contributed by atoms with Crippen LogP contribution in [-0.4, -0.2) is 40.0 Å². The molecule has 0 radical (unpaired) electrons. The summed E-state index contributed by atoms with van der Waals surface area (Å²) in [7, 11) is 0. The first kappa shape index (κ1) is 17.7. The molecule has 1 N–H and O–H groups in total. The van der Waals surface area contributed by atoms with E-state index >= 15 is 0 Å². The van der Waals surface area contributed by atoms with Crippen molar-refractivity contribution in [2.45, 2.75) is 19.3 Å². The molecule has 1 fully saturated rings. The van der Waals surface area contributed by atoms with Gasteiger partial charge in [0.15, 0.2) is 0 Å². The molecule has 0 spiro atoms. The van der Waals surface area contributed by atoms with Crippen molar-refractivity contribution in [3.05, 3.63) is 64.7 Å². The highest BCUT2D eigenvalue weighted by Gasteiger charge is 2.27. The Morgan fingerprint density at radius 1 is 1.15 bits per heavy atom. The second-order valence-corrected chi connectivity index (χ2v) is 7.92. The van der Waals surface area contributed by atoms with Crippen molar-refractivity contribution < 1.29 is 14.7 Å². The Hall–Kier alpha value is -2.73. The van der Waals surface area contributed by atoms with Crippen molar-refractivity contribution in [2.75, 3.05) is 13.1 Å².